The molecule has 1 aliphatic rings. The second-order valence-corrected chi connectivity index (χ2v) is 10.0. The molecule has 3 aromatic carbocycles. The minimum absolute atomic E-state index is 0.0859. The van der Waals surface area contributed by atoms with Gasteiger partial charge in [-0.3, -0.25) is 9.69 Å². The molecule has 0 amide bonds. The fraction of sp³-hybridized carbons (Fsp3) is 0.375. The average molecular weight is 546 g/mol. The number of carbonyl (C=O) groups excluding carboxylic acids is 2. The number of phenols is 1. The number of esters is 2. The van der Waals surface area contributed by atoms with Crippen LogP contribution in [0.1, 0.15) is 60.0 Å². The van der Waals surface area contributed by atoms with E-state index in [1.165, 1.54) is 0 Å². The van der Waals surface area contributed by atoms with Gasteiger partial charge in [-0.2, -0.15) is 0 Å². The van der Waals surface area contributed by atoms with Crippen LogP contribution < -0.4 is 4.74 Å². The van der Waals surface area contributed by atoms with Crippen molar-refractivity contribution in [3.63, 3.8) is 0 Å². The van der Waals surface area contributed by atoms with Gasteiger partial charge in [-0.25, -0.2) is 4.79 Å². The first-order valence-electron chi connectivity index (χ1n) is 13.8. The Morgan fingerprint density at radius 1 is 1.00 bits per heavy atom. The number of nitrogens with zero attached hydrogens (tertiary/aromatic N) is 1. The number of hydrogen-bond donors (Lipinski definition) is 1. The Balaban J connectivity index is 1.75. The number of carbonyl (C=O) groups is 2. The number of phenolic OH excluding ortho intramolecular Hbond substituents is 1. The first-order chi connectivity index (χ1) is 19.4. The van der Waals surface area contributed by atoms with Crippen LogP contribution in [-0.2, 0) is 14.3 Å². The summed E-state index contributed by atoms with van der Waals surface area (Å²) in [6.45, 7) is 7.08. The standard InChI is InChI=1S/C32H35NO7/c1-5-38-31(35)21-15-17-33(18-16-21)28(20-11-13-22(37-4)14-12-20)27-26-25(32(36)39-6-2)19(3)40-30(26)24-10-8-7-9-23(24)29(27)34/h7-14,21,28,34H,5-6,15-18H2,1-4H3. The molecule has 5 rings (SSSR count). The summed E-state index contributed by atoms with van der Waals surface area (Å²) in [5.74, 6) is 0.382. The van der Waals surface area contributed by atoms with E-state index >= 15 is 0 Å². The summed E-state index contributed by atoms with van der Waals surface area (Å²) in [5.41, 5.74) is 2.33. The first kappa shape index (κ1) is 27.5. The highest BCUT2D eigenvalue weighted by atomic mass is 16.5. The van der Waals surface area contributed by atoms with E-state index in [1.807, 2.05) is 55.5 Å². The van der Waals surface area contributed by atoms with Crippen LogP contribution in [0.3, 0.4) is 0 Å². The van der Waals surface area contributed by atoms with Crippen LogP contribution in [0.25, 0.3) is 21.7 Å². The van der Waals surface area contributed by atoms with E-state index in [0.717, 1.165) is 5.56 Å². The van der Waals surface area contributed by atoms with Crippen LogP contribution in [0.4, 0.5) is 0 Å². The summed E-state index contributed by atoms with van der Waals surface area (Å²) in [4.78, 5) is 28.0. The predicted octanol–water partition coefficient (Wildman–Crippen LogP) is 6.15. The fourth-order valence-corrected chi connectivity index (χ4v) is 5.86. The van der Waals surface area contributed by atoms with Crippen LogP contribution in [0.15, 0.2) is 52.9 Å². The van der Waals surface area contributed by atoms with Gasteiger partial charge >= 0.3 is 11.9 Å². The van der Waals surface area contributed by atoms with Crippen molar-refractivity contribution < 1.29 is 33.3 Å². The summed E-state index contributed by atoms with van der Waals surface area (Å²) >= 11 is 0. The average Bonchev–Trinajstić information content (AvgIpc) is 3.32. The van der Waals surface area contributed by atoms with Crippen molar-refractivity contribution in [2.24, 2.45) is 5.92 Å². The first-order valence-corrected chi connectivity index (χ1v) is 13.8. The lowest BCUT2D eigenvalue weighted by Gasteiger charge is -2.38. The quantitative estimate of drug-likeness (QED) is 0.263. The molecule has 1 N–H and O–H groups in total. The molecular weight excluding hydrogens is 510 g/mol. The van der Waals surface area contributed by atoms with Gasteiger partial charge < -0.3 is 23.7 Å². The van der Waals surface area contributed by atoms with Gasteiger partial charge in [0.25, 0.3) is 0 Å². The van der Waals surface area contributed by atoms with Crippen molar-refractivity contribution in [1.82, 2.24) is 4.90 Å². The maximum absolute atomic E-state index is 13.3. The predicted molar refractivity (Wildman–Crippen MR) is 152 cm³/mol. The number of hydrogen-bond acceptors (Lipinski definition) is 8. The minimum Gasteiger partial charge on any atom is -0.507 e. The summed E-state index contributed by atoms with van der Waals surface area (Å²) in [7, 11) is 1.62. The summed E-state index contributed by atoms with van der Waals surface area (Å²) < 4.78 is 22.4. The van der Waals surface area contributed by atoms with Crippen LogP contribution in [0.5, 0.6) is 11.5 Å². The lowest BCUT2D eigenvalue weighted by atomic mass is 9.87. The molecule has 0 aliphatic carbocycles. The number of methoxy groups -OCH3 is 1. The molecule has 4 aromatic rings. The molecule has 0 spiro atoms. The van der Waals surface area contributed by atoms with E-state index in [2.05, 4.69) is 4.90 Å². The zero-order valence-corrected chi connectivity index (χ0v) is 23.4. The second-order valence-electron chi connectivity index (χ2n) is 10.0. The molecule has 1 atom stereocenters. The lowest BCUT2D eigenvalue weighted by Crippen LogP contribution is -2.39. The highest BCUT2D eigenvalue weighted by Crippen LogP contribution is 2.48. The van der Waals surface area contributed by atoms with Crippen molar-refractivity contribution in [2.45, 2.75) is 39.7 Å². The highest BCUT2D eigenvalue weighted by Gasteiger charge is 2.36. The van der Waals surface area contributed by atoms with Gasteiger partial charge in [-0.15, -0.1) is 0 Å². The molecule has 1 aliphatic heterocycles. The van der Waals surface area contributed by atoms with E-state index in [1.54, 1.807) is 21.0 Å². The highest BCUT2D eigenvalue weighted by molar-refractivity contribution is 6.16. The molecule has 40 heavy (non-hydrogen) atoms. The number of likely N-dealkylation sites (tertiary alicyclic amines) is 1. The third-order valence-electron chi connectivity index (χ3n) is 7.73. The number of aryl methyl sites for hydroxylation is 1. The normalized spacial score (nSPS) is 15.3. The largest absolute Gasteiger partial charge is 0.507 e. The van der Waals surface area contributed by atoms with E-state index < -0.39 is 12.0 Å². The maximum atomic E-state index is 13.3. The van der Waals surface area contributed by atoms with Gasteiger partial charge in [-0.1, -0.05) is 36.4 Å². The van der Waals surface area contributed by atoms with Crippen molar-refractivity contribution in [1.29, 1.82) is 0 Å². The molecule has 1 saturated heterocycles. The van der Waals surface area contributed by atoms with Crippen LogP contribution in [0.2, 0.25) is 0 Å². The zero-order chi connectivity index (χ0) is 28.4. The maximum Gasteiger partial charge on any atom is 0.342 e. The topological polar surface area (TPSA) is 98.4 Å². The van der Waals surface area contributed by atoms with E-state index in [-0.39, 0.29) is 24.2 Å². The Hall–Kier alpha value is -4.04. The van der Waals surface area contributed by atoms with Crippen molar-refractivity contribution in [2.75, 3.05) is 33.4 Å². The zero-order valence-electron chi connectivity index (χ0n) is 23.4. The van der Waals surface area contributed by atoms with Crippen molar-refractivity contribution in [3.8, 4) is 11.5 Å². The minimum atomic E-state index is -0.496. The van der Waals surface area contributed by atoms with Crippen molar-refractivity contribution in [3.05, 3.63) is 71.0 Å². The Morgan fingerprint density at radius 3 is 2.27 bits per heavy atom. The van der Waals surface area contributed by atoms with E-state index in [9.17, 15) is 14.7 Å². The van der Waals surface area contributed by atoms with Gasteiger partial charge in [0.1, 0.15) is 28.4 Å². The third-order valence-corrected chi connectivity index (χ3v) is 7.73. The van der Waals surface area contributed by atoms with Crippen LogP contribution in [-0.4, -0.2) is 55.4 Å². The number of aromatic hydroxyl groups is 1. The number of benzene rings is 3. The molecule has 1 fully saturated rings. The fourth-order valence-electron chi connectivity index (χ4n) is 5.86. The summed E-state index contributed by atoms with van der Waals surface area (Å²) in [5, 5.41) is 13.8. The van der Waals surface area contributed by atoms with E-state index in [4.69, 9.17) is 18.6 Å². The van der Waals surface area contributed by atoms with Crippen LogP contribution >= 0.6 is 0 Å². The second kappa shape index (κ2) is 11.6. The number of furan rings is 1. The lowest BCUT2D eigenvalue weighted by molar-refractivity contribution is -0.149. The van der Waals surface area contributed by atoms with Crippen molar-refractivity contribution >= 4 is 33.7 Å². The monoisotopic (exact) mass is 545 g/mol. The van der Waals surface area contributed by atoms with Gasteiger partial charge in [0.15, 0.2) is 0 Å². The molecule has 0 radical (unpaired) electrons. The van der Waals surface area contributed by atoms with Gasteiger partial charge in [0, 0.05) is 21.7 Å². The van der Waals surface area contributed by atoms with Gasteiger partial charge in [-0.05, 0) is 64.4 Å². The smallest absolute Gasteiger partial charge is 0.342 e. The molecule has 1 aromatic heterocycles. The molecule has 0 saturated carbocycles. The molecule has 8 nitrogen and oxygen atoms in total. The van der Waals surface area contributed by atoms with E-state index in [0.29, 0.717) is 76.9 Å². The summed E-state index contributed by atoms with van der Waals surface area (Å²) in [6, 6.07) is 14.8. The molecular formula is C32H35NO7. The molecule has 210 valence electrons. The van der Waals surface area contributed by atoms with Gasteiger partial charge in [0.2, 0.25) is 0 Å². The Kier molecular flexibility index (Phi) is 7.98. The molecule has 1 unspecified atom stereocenters. The molecule has 0 bridgehead atoms. The molecule has 2 heterocycles. The Bertz CT molecular complexity index is 1530. The van der Waals surface area contributed by atoms with Gasteiger partial charge in [0.05, 0.1) is 32.3 Å². The third kappa shape index (κ3) is 4.88. The number of fused-ring (bicyclic) bond motifs is 3. The summed E-state index contributed by atoms with van der Waals surface area (Å²) in [6.07, 6.45) is 1.25. The number of ether oxygens (including phenoxy) is 3. The SMILES string of the molecule is CCOC(=O)c1c(C)oc2c1c(C(c1ccc(OC)cc1)N1CCC(C(=O)OCC)CC1)c(O)c1ccccc12. The number of piperidine rings is 1. The number of rotatable bonds is 8. The molecule has 8 heteroatoms. The van der Waals surface area contributed by atoms with Crippen LogP contribution in [0, 0.1) is 12.8 Å². The Labute approximate surface area is 233 Å². The Morgan fingerprint density at radius 2 is 1.65 bits per heavy atom.